The van der Waals surface area contributed by atoms with Crippen LogP contribution in [-0.2, 0) is 22.5 Å². The van der Waals surface area contributed by atoms with Crippen LogP contribution in [0.15, 0.2) is 0 Å². The van der Waals surface area contributed by atoms with Crippen molar-refractivity contribution in [2.45, 2.75) is 39.7 Å². The molecule has 1 aromatic rings. The SMILES string of the molecule is CCOC(=O)c1nc(CC)n(CC(=O)N2CCCC2)c1N. The molecule has 0 unspecified atom stereocenters. The van der Waals surface area contributed by atoms with E-state index >= 15 is 0 Å². The Kier molecular flexibility index (Phi) is 4.82. The summed E-state index contributed by atoms with van der Waals surface area (Å²) in [6.45, 7) is 5.61. The third kappa shape index (κ3) is 3.17. The summed E-state index contributed by atoms with van der Waals surface area (Å²) in [5.74, 6) is 0.305. The standard InChI is InChI=1S/C14H22N4O3/c1-3-10-16-12(14(20)21-4-2)13(15)18(10)9-11(19)17-7-5-6-8-17/h3-9,15H2,1-2H3. The van der Waals surface area contributed by atoms with Gasteiger partial charge >= 0.3 is 5.97 Å². The number of nitrogen functional groups attached to an aromatic ring is 1. The van der Waals surface area contributed by atoms with E-state index in [1.165, 1.54) is 0 Å². The molecular formula is C14H22N4O3. The van der Waals surface area contributed by atoms with Crippen LogP contribution in [0.5, 0.6) is 0 Å². The predicted molar refractivity (Wildman–Crippen MR) is 77.8 cm³/mol. The fourth-order valence-electron chi connectivity index (χ4n) is 2.51. The Morgan fingerprint density at radius 1 is 1.29 bits per heavy atom. The lowest BCUT2D eigenvalue weighted by Crippen LogP contribution is -2.31. The molecule has 1 aliphatic rings. The molecule has 2 N–H and O–H groups in total. The van der Waals surface area contributed by atoms with Crippen molar-refractivity contribution in [1.82, 2.24) is 14.5 Å². The van der Waals surface area contributed by atoms with Gasteiger partial charge < -0.3 is 19.9 Å². The predicted octanol–water partition coefficient (Wildman–Crippen LogP) is 0.827. The van der Waals surface area contributed by atoms with Crippen LogP contribution in [0.4, 0.5) is 5.82 Å². The second-order valence-corrected chi connectivity index (χ2v) is 5.01. The Hall–Kier alpha value is -2.05. The molecule has 1 saturated heterocycles. The highest BCUT2D eigenvalue weighted by molar-refractivity contribution is 5.92. The number of carbonyl (C=O) groups excluding carboxylic acids is 2. The first kappa shape index (κ1) is 15.3. The molecule has 1 fully saturated rings. The first-order chi connectivity index (χ1) is 10.1. The van der Waals surface area contributed by atoms with Gasteiger partial charge in [-0.3, -0.25) is 4.79 Å². The first-order valence-corrected chi connectivity index (χ1v) is 7.38. The Morgan fingerprint density at radius 2 is 1.95 bits per heavy atom. The van der Waals surface area contributed by atoms with E-state index in [0.29, 0.717) is 12.2 Å². The van der Waals surface area contributed by atoms with Gasteiger partial charge in [-0.15, -0.1) is 0 Å². The lowest BCUT2D eigenvalue weighted by Gasteiger charge is -2.17. The number of nitrogens with zero attached hydrogens (tertiary/aromatic N) is 3. The number of nitrogens with two attached hydrogens (primary N) is 1. The van der Waals surface area contributed by atoms with Crippen molar-refractivity contribution in [3.8, 4) is 0 Å². The van der Waals surface area contributed by atoms with Gasteiger partial charge in [-0.2, -0.15) is 0 Å². The monoisotopic (exact) mass is 294 g/mol. The summed E-state index contributed by atoms with van der Waals surface area (Å²) in [7, 11) is 0. The van der Waals surface area contributed by atoms with E-state index in [9.17, 15) is 9.59 Å². The Balaban J connectivity index is 2.21. The number of anilines is 1. The summed E-state index contributed by atoms with van der Waals surface area (Å²) in [4.78, 5) is 30.1. The van der Waals surface area contributed by atoms with E-state index in [4.69, 9.17) is 10.5 Å². The molecule has 7 nitrogen and oxygen atoms in total. The van der Waals surface area contributed by atoms with Crippen molar-refractivity contribution in [3.63, 3.8) is 0 Å². The number of ether oxygens (including phenoxy) is 1. The van der Waals surface area contributed by atoms with E-state index in [0.717, 1.165) is 25.9 Å². The Bertz CT molecular complexity index is 533. The van der Waals surface area contributed by atoms with Crippen molar-refractivity contribution in [2.75, 3.05) is 25.4 Å². The van der Waals surface area contributed by atoms with Crippen molar-refractivity contribution >= 4 is 17.7 Å². The van der Waals surface area contributed by atoms with Gasteiger partial charge in [0.15, 0.2) is 5.69 Å². The number of aryl methyl sites for hydroxylation is 1. The van der Waals surface area contributed by atoms with E-state index in [-0.39, 0.29) is 30.6 Å². The number of hydrogen-bond donors (Lipinski definition) is 1. The molecule has 0 spiro atoms. The molecule has 2 rings (SSSR count). The van der Waals surface area contributed by atoms with Gasteiger partial charge in [0, 0.05) is 19.5 Å². The fraction of sp³-hybridized carbons (Fsp3) is 0.643. The lowest BCUT2D eigenvalue weighted by molar-refractivity contribution is -0.130. The van der Waals surface area contributed by atoms with Crippen LogP contribution in [0.25, 0.3) is 0 Å². The van der Waals surface area contributed by atoms with Gasteiger partial charge in [-0.1, -0.05) is 6.92 Å². The average Bonchev–Trinajstić information content (AvgIpc) is 3.09. The maximum atomic E-state index is 12.2. The molecule has 1 aromatic heterocycles. The van der Waals surface area contributed by atoms with Crippen molar-refractivity contribution in [1.29, 1.82) is 0 Å². The number of esters is 1. The third-order valence-corrected chi connectivity index (χ3v) is 3.62. The number of likely N-dealkylation sites (tertiary alicyclic amines) is 1. The summed E-state index contributed by atoms with van der Waals surface area (Å²) < 4.78 is 6.55. The van der Waals surface area contributed by atoms with Gasteiger partial charge in [-0.25, -0.2) is 9.78 Å². The maximum absolute atomic E-state index is 12.2. The van der Waals surface area contributed by atoms with E-state index in [2.05, 4.69) is 4.98 Å². The van der Waals surface area contributed by atoms with Gasteiger partial charge in [-0.05, 0) is 19.8 Å². The zero-order valence-electron chi connectivity index (χ0n) is 12.6. The second-order valence-electron chi connectivity index (χ2n) is 5.01. The molecule has 0 aromatic carbocycles. The molecule has 0 radical (unpaired) electrons. The van der Waals surface area contributed by atoms with Gasteiger partial charge in [0.25, 0.3) is 0 Å². The molecule has 1 aliphatic heterocycles. The Labute approximate surface area is 124 Å². The highest BCUT2D eigenvalue weighted by Gasteiger charge is 2.24. The van der Waals surface area contributed by atoms with Crippen molar-refractivity contribution in [2.24, 2.45) is 0 Å². The van der Waals surface area contributed by atoms with Gasteiger partial charge in [0.2, 0.25) is 5.91 Å². The van der Waals surface area contributed by atoms with Crippen LogP contribution in [0, 0.1) is 0 Å². The second kappa shape index (κ2) is 6.60. The number of rotatable bonds is 5. The fourth-order valence-corrected chi connectivity index (χ4v) is 2.51. The average molecular weight is 294 g/mol. The molecule has 0 saturated carbocycles. The Morgan fingerprint density at radius 3 is 2.52 bits per heavy atom. The smallest absolute Gasteiger partial charge is 0.360 e. The van der Waals surface area contributed by atoms with Crippen LogP contribution in [0.2, 0.25) is 0 Å². The molecule has 2 heterocycles. The highest BCUT2D eigenvalue weighted by atomic mass is 16.5. The van der Waals surface area contributed by atoms with Crippen LogP contribution >= 0.6 is 0 Å². The lowest BCUT2D eigenvalue weighted by atomic mass is 10.4. The van der Waals surface area contributed by atoms with Crippen LogP contribution < -0.4 is 5.73 Å². The largest absolute Gasteiger partial charge is 0.461 e. The quantitative estimate of drug-likeness (QED) is 0.812. The molecular weight excluding hydrogens is 272 g/mol. The number of amides is 1. The minimum Gasteiger partial charge on any atom is -0.461 e. The zero-order chi connectivity index (χ0) is 15.4. The number of imidazole rings is 1. The van der Waals surface area contributed by atoms with Crippen LogP contribution in [0.1, 0.15) is 43.0 Å². The number of hydrogen-bond acceptors (Lipinski definition) is 5. The van der Waals surface area contributed by atoms with E-state index in [1.807, 2.05) is 11.8 Å². The van der Waals surface area contributed by atoms with E-state index < -0.39 is 5.97 Å². The first-order valence-electron chi connectivity index (χ1n) is 7.38. The molecule has 0 atom stereocenters. The van der Waals surface area contributed by atoms with Gasteiger partial charge in [0.1, 0.15) is 18.2 Å². The highest BCUT2D eigenvalue weighted by Crippen LogP contribution is 2.18. The molecule has 0 bridgehead atoms. The minimum atomic E-state index is -0.544. The van der Waals surface area contributed by atoms with E-state index in [1.54, 1.807) is 11.5 Å². The minimum absolute atomic E-state index is 0.0155. The third-order valence-electron chi connectivity index (χ3n) is 3.62. The summed E-state index contributed by atoms with van der Waals surface area (Å²) in [6, 6.07) is 0. The molecule has 1 amide bonds. The van der Waals surface area contributed by atoms with Crippen LogP contribution in [0.3, 0.4) is 0 Å². The van der Waals surface area contributed by atoms with Gasteiger partial charge in [0.05, 0.1) is 6.61 Å². The summed E-state index contributed by atoms with van der Waals surface area (Å²) in [5, 5.41) is 0. The number of carbonyl (C=O) groups is 2. The zero-order valence-corrected chi connectivity index (χ0v) is 12.6. The normalized spacial score (nSPS) is 14.5. The maximum Gasteiger partial charge on any atom is 0.360 e. The molecule has 116 valence electrons. The number of aromatic nitrogens is 2. The molecule has 21 heavy (non-hydrogen) atoms. The summed E-state index contributed by atoms with van der Waals surface area (Å²) in [6.07, 6.45) is 2.68. The van der Waals surface area contributed by atoms with Crippen LogP contribution in [-0.4, -0.2) is 46.0 Å². The molecule has 7 heteroatoms. The van der Waals surface area contributed by atoms with Crippen molar-refractivity contribution in [3.05, 3.63) is 11.5 Å². The topological polar surface area (TPSA) is 90.4 Å². The molecule has 0 aliphatic carbocycles. The summed E-state index contributed by atoms with van der Waals surface area (Å²) in [5.41, 5.74) is 6.09. The summed E-state index contributed by atoms with van der Waals surface area (Å²) >= 11 is 0. The van der Waals surface area contributed by atoms with Crippen molar-refractivity contribution < 1.29 is 14.3 Å².